The van der Waals surface area contributed by atoms with Crippen LogP contribution in [0.2, 0.25) is 0 Å². The summed E-state index contributed by atoms with van der Waals surface area (Å²) in [5, 5.41) is 5.61. The Morgan fingerprint density at radius 1 is 1.16 bits per heavy atom. The van der Waals surface area contributed by atoms with Crippen LogP contribution in [0.15, 0.2) is 54.6 Å². The van der Waals surface area contributed by atoms with Gasteiger partial charge in [0.25, 0.3) is 0 Å². The maximum Gasteiger partial charge on any atom is 0.321 e. The zero-order valence-electron chi connectivity index (χ0n) is 17.7. The predicted octanol–water partition coefficient (Wildman–Crippen LogP) is 4.08. The molecule has 4 rings (SSSR count). The Kier molecular flexibility index (Phi) is 6.45. The molecule has 3 amide bonds. The first-order valence-corrected chi connectivity index (χ1v) is 11.2. The number of amides is 3. The highest BCUT2D eigenvalue weighted by molar-refractivity contribution is 7.09. The first-order valence-electron chi connectivity index (χ1n) is 10.4. The van der Waals surface area contributed by atoms with Gasteiger partial charge in [0.2, 0.25) is 11.0 Å². The first-order chi connectivity index (χ1) is 15.5. The standard InChI is InChI=1S/C23H24FN5O2S/c1-29(20(30)23(11-6-12-23)17-8-3-2-4-9-17)15-19-26-22(32-28-19)27-21(31)25-14-16-7-5-10-18(24)13-16/h2-5,7-10,13H,6,11-12,14-15H2,1H3,(H2,25,26,27,28,31). The molecular weight excluding hydrogens is 429 g/mol. The molecule has 0 saturated heterocycles. The van der Waals surface area contributed by atoms with Crippen LogP contribution in [0.5, 0.6) is 0 Å². The van der Waals surface area contributed by atoms with E-state index in [1.807, 2.05) is 30.3 Å². The molecule has 1 saturated carbocycles. The lowest BCUT2D eigenvalue weighted by Gasteiger charge is -2.43. The van der Waals surface area contributed by atoms with Crippen molar-refractivity contribution in [1.29, 1.82) is 0 Å². The van der Waals surface area contributed by atoms with Gasteiger partial charge in [0.15, 0.2) is 5.82 Å². The summed E-state index contributed by atoms with van der Waals surface area (Å²) in [6.45, 7) is 0.449. The van der Waals surface area contributed by atoms with Gasteiger partial charge in [-0.3, -0.25) is 10.1 Å². The van der Waals surface area contributed by atoms with Gasteiger partial charge in [-0.05, 0) is 36.1 Å². The summed E-state index contributed by atoms with van der Waals surface area (Å²) in [4.78, 5) is 31.3. The fourth-order valence-corrected chi connectivity index (χ4v) is 4.48. The van der Waals surface area contributed by atoms with Gasteiger partial charge in [0.1, 0.15) is 5.82 Å². The number of halogens is 1. The number of nitrogens with one attached hydrogen (secondary N) is 2. The van der Waals surface area contributed by atoms with Crippen molar-refractivity contribution in [2.24, 2.45) is 0 Å². The number of nitrogens with zero attached hydrogens (tertiary/aromatic N) is 3. The Morgan fingerprint density at radius 2 is 1.94 bits per heavy atom. The minimum atomic E-state index is -0.468. The predicted molar refractivity (Wildman–Crippen MR) is 121 cm³/mol. The maximum absolute atomic E-state index is 13.2. The third kappa shape index (κ3) is 4.77. The van der Waals surface area contributed by atoms with E-state index >= 15 is 0 Å². The fourth-order valence-electron chi connectivity index (χ4n) is 3.90. The Labute approximate surface area is 189 Å². The highest BCUT2D eigenvalue weighted by Gasteiger charge is 2.46. The topological polar surface area (TPSA) is 87.2 Å². The number of carbonyl (C=O) groups excluding carboxylic acids is 2. The van der Waals surface area contributed by atoms with Crippen LogP contribution in [0, 0.1) is 5.82 Å². The lowest BCUT2D eigenvalue weighted by molar-refractivity contribution is -0.140. The second-order valence-electron chi connectivity index (χ2n) is 7.92. The third-order valence-corrected chi connectivity index (χ3v) is 6.37. The summed E-state index contributed by atoms with van der Waals surface area (Å²) in [6, 6.07) is 15.5. The molecule has 7 nitrogen and oxygen atoms in total. The summed E-state index contributed by atoms with van der Waals surface area (Å²) in [5.41, 5.74) is 1.23. The van der Waals surface area contributed by atoms with Crippen LogP contribution in [0.25, 0.3) is 0 Å². The van der Waals surface area contributed by atoms with E-state index in [9.17, 15) is 14.0 Å². The molecule has 1 aliphatic rings. The second-order valence-corrected chi connectivity index (χ2v) is 8.67. The van der Waals surface area contributed by atoms with Crippen LogP contribution in [-0.2, 0) is 23.3 Å². The minimum absolute atomic E-state index is 0.0621. The molecule has 0 unspecified atom stereocenters. The highest BCUT2D eigenvalue weighted by atomic mass is 32.1. The monoisotopic (exact) mass is 453 g/mol. The molecule has 9 heteroatoms. The van der Waals surface area contributed by atoms with Crippen molar-refractivity contribution in [3.63, 3.8) is 0 Å². The molecule has 1 aliphatic carbocycles. The van der Waals surface area contributed by atoms with E-state index in [-0.39, 0.29) is 24.8 Å². The Bertz CT molecular complexity index is 1100. The molecule has 0 radical (unpaired) electrons. The fraction of sp³-hybridized carbons (Fsp3) is 0.304. The molecule has 0 atom stereocenters. The lowest BCUT2D eigenvalue weighted by Crippen LogP contribution is -2.49. The van der Waals surface area contributed by atoms with E-state index in [1.54, 1.807) is 24.1 Å². The Hall–Kier alpha value is -3.33. The molecule has 32 heavy (non-hydrogen) atoms. The van der Waals surface area contributed by atoms with Gasteiger partial charge in [0, 0.05) is 25.1 Å². The number of carbonyl (C=O) groups is 2. The van der Waals surface area contributed by atoms with E-state index in [2.05, 4.69) is 20.0 Å². The van der Waals surface area contributed by atoms with E-state index < -0.39 is 11.4 Å². The van der Waals surface area contributed by atoms with Gasteiger partial charge >= 0.3 is 6.03 Å². The number of hydrogen-bond acceptors (Lipinski definition) is 5. The number of benzene rings is 2. The van der Waals surface area contributed by atoms with E-state index in [0.717, 1.165) is 36.4 Å². The Balaban J connectivity index is 1.32. The molecule has 1 heterocycles. The minimum Gasteiger partial charge on any atom is -0.337 e. The van der Waals surface area contributed by atoms with Crippen molar-refractivity contribution in [3.8, 4) is 0 Å². The van der Waals surface area contributed by atoms with E-state index in [1.165, 1.54) is 12.1 Å². The Morgan fingerprint density at radius 3 is 2.62 bits per heavy atom. The highest BCUT2D eigenvalue weighted by Crippen LogP contribution is 2.45. The van der Waals surface area contributed by atoms with Gasteiger partial charge in [-0.15, -0.1) is 0 Å². The van der Waals surface area contributed by atoms with E-state index in [4.69, 9.17) is 0 Å². The van der Waals surface area contributed by atoms with Gasteiger partial charge in [-0.25, -0.2) is 14.2 Å². The van der Waals surface area contributed by atoms with Crippen LogP contribution in [0.4, 0.5) is 14.3 Å². The summed E-state index contributed by atoms with van der Waals surface area (Å²) in [7, 11) is 1.76. The number of anilines is 1. The van der Waals surface area contributed by atoms with Crippen molar-refractivity contribution in [2.75, 3.05) is 12.4 Å². The van der Waals surface area contributed by atoms with Crippen LogP contribution < -0.4 is 10.6 Å². The van der Waals surface area contributed by atoms with Gasteiger partial charge in [-0.1, -0.05) is 48.9 Å². The van der Waals surface area contributed by atoms with Gasteiger partial charge in [-0.2, -0.15) is 4.37 Å². The SMILES string of the molecule is CN(Cc1nsc(NC(=O)NCc2cccc(F)c2)n1)C(=O)C1(c2ccccc2)CCC1. The number of hydrogen-bond donors (Lipinski definition) is 2. The molecule has 2 aromatic carbocycles. The quantitative estimate of drug-likeness (QED) is 0.564. The molecule has 0 spiro atoms. The summed E-state index contributed by atoms with van der Waals surface area (Å²) in [6.07, 6.45) is 2.70. The molecule has 166 valence electrons. The summed E-state index contributed by atoms with van der Waals surface area (Å²) in [5.74, 6) is 0.175. The smallest absolute Gasteiger partial charge is 0.321 e. The molecule has 1 aromatic heterocycles. The zero-order valence-corrected chi connectivity index (χ0v) is 18.5. The zero-order chi connectivity index (χ0) is 22.6. The third-order valence-electron chi connectivity index (χ3n) is 5.70. The molecule has 3 aromatic rings. The van der Waals surface area contributed by atoms with Crippen molar-refractivity contribution in [1.82, 2.24) is 19.6 Å². The van der Waals surface area contributed by atoms with E-state index in [0.29, 0.717) is 16.5 Å². The van der Waals surface area contributed by atoms with Crippen molar-refractivity contribution in [3.05, 3.63) is 77.4 Å². The van der Waals surface area contributed by atoms with Gasteiger partial charge in [0.05, 0.1) is 12.0 Å². The summed E-state index contributed by atoms with van der Waals surface area (Å²) < 4.78 is 17.5. The van der Waals surface area contributed by atoms with Crippen molar-refractivity contribution in [2.45, 2.75) is 37.8 Å². The largest absolute Gasteiger partial charge is 0.337 e. The maximum atomic E-state index is 13.2. The average molecular weight is 454 g/mol. The first kappa shape index (κ1) is 21.9. The van der Waals surface area contributed by atoms with Crippen LogP contribution in [0.3, 0.4) is 0 Å². The number of rotatable bonds is 7. The summed E-state index contributed by atoms with van der Waals surface area (Å²) >= 11 is 1.05. The molecule has 1 fully saturated rings. The number of likely N-dealkylation sites (N-methyl/N-ethyl adjacent to an activating group) is 1. The average Bonchev–Trinajstić information content (AvgIpc) is 3.19. The number of aromatic nitrogens is 2. The normalized spacial score (nSPS) is 14.3. The molecular formula is C23H24FN5O2S. The second kappa shape index (κ2) is 9.44. The molecule has 0 bridgehead atoms. The molecule has 0 aliphatic heterocycles. The number of urea groups is 1. The van der Waals surface area contributed by atoms with Crippen molar-refractivity contribution < 1.29 is 14.0 Å². The molecule has 2 N–H and O–H groups in total. The van der Waals surface area contributed by atoms with Crippen molar-refractivity contribution >= 4 is 28.6 Å². The van der Waals surface area contributed by atoms with Crippen LogP contribution >= 0.6 is 11.5 Å². The van der Waals surface area contributed by atoms with Crippen LogP contribution in [0.1, 0.15) is 36.2 Å². The van der Waals surface area contributed by atoms with Gasteiger partial charge < -0.3 is 10.2 Å². The van der Waals surface area contributed by atoms with Crippen LogP contribution in [-0.4, -0.2) is 33.2 Å². The lowest BCUT2D eigenvalue weighted by atomic mass is 9.63.